The van der Waals surface area contributed by atoms with Gasteiger partial charge in [0.2, 0.25) is 11.8 Å². The molecule has 10 heteroatoms. The minimum absolute atomic E-state index is 0.00908. The lowest BCUT2D eigenvalue weighted by Crippen LogP contribution is -2.53. The van der Waals surface area contributed by atoms with Crippen molar-refractivity contribution in [2.75, 3.05) is 17.4 Å². The Balaban J connectivity index is 1.67. The number of hydrogen-bond acceptors (Lipinski definition) is 4. The van der Waals surface area contributed by atoms with Gasteiger partial charge in [-0.3, -0.25) is 13.9 Å². The molecule has 0 aromatic heterocycles. The summed E-state index contributed by atoms with van der Waals surface area (Å²) in [7, 11) is -4.23. The van der Waals surface area contributed by atoms with Crippen molar-refractivity contribution in [1.29, 1.82) is 0 Å². The van der Waals surface area contributed by atoms with Crippen molar-refractivity contribution < 1.29 is 18.0 Å². The number of carbonyl (C=O) groups excluding carboxylic acids is 2. The SMILES string of the molecule is Cc1ccc(S(=O)(=O)N(CC(=O)N(CCc2ccccc2)C(C)C(=O)NC2CCCC2)c2cccc(Cl)c2Cl)cc1. The van der Waals surface area contributed by atoms with Crippen molar-refractivity contribution in [2.45, 2.75) is 62.9 Å². The Morgan fingerprint density at radius 2 is 1.61 bits per heavy atom. The maximum absolute atomic E-state index is 14.0. The van der Waals surface area contributed by atoms with E-state index in [1.165, 1.54) is 23.1 Å². The van der Waals surface area contributed by atoms with E-state index in [4.69, 9.17) is 23.2 Å². The third-order valence-corrected chi connectivity index (χ3v) is 10.0. The lowest BCUT2D eigenvalue weighted by atomic mass is 10.1. The second kappa shape index (κ2) is 13.7. The molecule has 41 heavy (non-hydrogen) atoms. The van der Waals surface area contributed by atoms with Gasteiger partial charge in [-0.25, -0.2) is 8.42 Å². The second-order valence-corrected chi connectivity index (χ2v) is 13.0. The van der Waals surface area contributed by atoms with Gasteiger partial charge < -0.3 is 10.2 Å². The van der Waals surface area contributed by atoms with Crippen molar-refractivity contribution >= 4 is 50.7 Å². The molecule has 7 nitrogen and oxygen atoms in total. The van der Waals surface area contributed by atoms with Crippen LogP contribution in [0.4, 0.5) is 5.69 Å². The van der Waals surface area contributed by atoms with E-state index in [1.807, 2.05) is 37.3 Å². The molecular formula is C31H35Cl2N3O4S. The van der Waals surface area contributed by atoms with Crippen molar-refractivity contribution in [3.05, 3.63) is 94.0 Å². The van der Waals surface area contributed by atoms with Gasteiger partial charge in [-0.2, -0.15) is 0 Å². The molecule has 1 atom stereocenters. The molecule has 4 rings (SSSR count). The quantitative estimate of drug-likeness (QED) is 0.286. The average molecular weight is 617 g/mol. The van der Waals surface area contributed by atoms with Crippen molar-refractivity contribution in [3.8, 4) is 0 Å². The average Bonchev–Trinajstić information content (AvgIpc) is 3.47. The van der Waals surface area contributed by atoms with Crippen molar-refractivity contribution in [2.24, 2.45) is 0 Å². The van der Waals surface area contributed by atoms with Crippen LogP contribution < -0.4 is 9.62 Å². The van der Waals surface area contributed by atoms with E-state index in [0.29, 0.717) is 6.42 Å². The monoisotopic (exact) mass is 615 g/mol. The van der Waals surface area contributed by atoms with E-state index < -0.39 is 28.5 Å². The van der Waals surface area contributed by atoms with Gasteiger partial charge in [0.25, 0.3) is 10.0 Å². The first kappa shape index (κ1) is 30.9. The van der Waals surface area contributed by atoms with Crippen LogP contribution in [0.3, 0.4) is 0 Å². The highest BCUT2D eigenvalue weighted by molar-refractivity contribution is 7.92. The first-order chi connectivity index (χ1) is 19.6. The zero-order valence-electron chi connectivity index (χ0n) is 23.2. The molecule has 0 bridgehead atoms. The first-order valence-electron chi connectivity index (χ1n) is 13.7. The number of hydrogen-bond donors (Lipinski definition) is 1. The first-order valence-corrected chi connectivity index (χ1v) is 15.9. The summed E-state index contributed by atoms with van der Waals surface area (Å²) in [5.74, 6) is -0.784. The standard InChI is InChI=1S/C31H35Cl2N3O4S/c1-22-15-17-26(18-16-22)41(39,40)36(28-14-8-13-27(32)30(28)33)21-29(37)35(20-19-24-9-4-3-5-10-24)23(2)31(38)34-25-11-6-7-12-25/h3-5,8-10,13-18,23,25H,6-7,11-12,19-21H2,1-2H3,(H,34,38). The molecule has 0 spiro atoms. The molecule has 3 aromatic carbocycles. The fourth-order valence-corrected chi connectivity index (χ4v) is 6.87. The Hall–Kier alpha value is -3.07. The lowest BCUT2D eigenvalue weighted by Gasteiger charge is -2.32. The number of nitrogens with one attached hydrogen (secondary N) is 1. The van der Waals surface area contributed by atoms with Crippen LogP contribution in [0.1, 0.15) is 43.7 Å². The molecule has 0 saturated heterocycles. The summed E-state index contributed by atoms with van der Waals surface area (Å²) < 4.78 is 28.9. The summed E-state index contributed by atoms with van der Waals surface area (Å²) >= 11 is 12.8. The van der Waals surface area contributed by atoms with Gasteiger partial charge >= 0.3 is 0 Å². The van der Waals surface area contributed by atoms with Gasteiger partial charge in [0.1, 0.15) is 12.6 Å². The zero-order valence-corrected chi connectivity index (χ0v) is 25.6. The Morgan fingerprint density at radius 1 is 0.951 bits per heavy atom. The highest BCUT2D eigenvalue weighted by Crippen LogP contribution is 2.35. The van der Waals surface area contributed by atoms with Crippen LogP contribution in [0.5, 0.6) is 0 Å². The molecule has 1 aliphatic carbocycles. The summed E-state index contributed by atoms with van der Waals surface area (Å²) in [5.41, 5.74) is 1.97. The Morgan fingerprint density at radius 3 is 2.27 bits per heavy atom. The maximum atomic E-state index is 14.0. The van der Waals surface area contributed by atoms with E-state index in [1.54, 1.807) is 31.2 Å². The highest BCUT2D eigenvalue weighted by Gasteiger charge is 2.34. The minimum Gasteiger partial charge on any atom is -0.352 e. The maximum Gasteiger partial charge on any atom is 0.264 e. The van der Waals surface area contributed by atoms with E-state index in [9.17, 15) is 18.0 Å². The Labute approximate surface area is 252 Å². The highest BCUT2D eigenvalue weighted by atomic mass is 35.5. The van der Waals surface area contributed by atoms with Crippen LogP contribution in [-0.4, -0.2) is 50.3 Å². The third-order valence-electron chi connectivity index (χ3n) is 7.44. The zero-order chi connectivity index (χ0) is 29.6. The molecule has 1 N–H and O–H groups in total. The number of halogens is 2. The molecule has 0 heterocycles. The number of rotatable bonds is 11. The number of benzene rings is 3. The molecule has 218 valence electrons. The predicted octanol–water partition coefficient (Wildman–Crippen LogP) is 6.02. The van der Waals surface area contributed by atoms with Crippen LogP contribution in [-0.2, 0) is 26.0 Å². The van der Waals surface area contributed by atoms with Gasteiger partial charge in [-0.1, -0.05) is 90.1 Å². The number of nitrogens with zero attached hydrogens (tertiary/aromatic N) is 2. The molecule has 1 fully saturated rings. The number of sulfonamides is 1. The summed E-state index contributed by atoms with van der Waals surface area (Å²) in [6.07, 6.45) is 4.43. The summed E-state index contributed by atoms with van der Waals surface area (Å²) in [5, 5.41) is 3.24. The van der Waals surface area contributed by atoms with Gasteiger partial charge in [0.15, 0.2) is 0 Å². The minimum atomic E-state index is -4.23. The smallest absolute Gasteiger partial charge is 0.264 e. The van der Waals surface area contributed by atoms with Crippen LogP contribution in [0.15, 0.2) is 77.7 Å². The lowest BCUT2D eigenvalue weighted by molar-refractivity contribution is -0.139. The molecule has 0 aliphatic heterocycles. The second-order valence-electron chi connectivity index (χ2n) is 10.4. The molecule has 1 unspecified atom stereocenters. The van der Waals surface area contributed by atoms with E-state index in [2.05, 4.69) is 5.32 Å². The molecule has 0 radical (unpaired) electrons. The molecule has 1 aliphatic rings. The summed E-state index contributed by atoms with van der Waals surface area (Å²) in [6, 6.07) is 19.9. The van der Waals surface area contributed by atoms with Crippen LogP contribution in [0.25, 0.3) is 0 Å². The summed E-state index contributed by atoms with van der Waals surface area (Å²) in [6.45, 7) is 3.20. The summed E-state index contributed by atoms with van der Waals surface area (Å²) in [4.78, 5) is 28.8. The van der Waals surface area contributed by atoms with Crippen LogP contribution >= 0.6 is 23.2 Å². The van der Waals surface area contributed by atoms with Gasteiger partial charge in [-0.05, 0) is 62.9 Å². The van der Waals surface area contributed by atoms with E-state index in [0.717, 1.165) is 41.1 Å². The Bertz CT molecular complexity index is 1460. The molecule has 3 aromatic rings. The van der Waals surface area contributed by atoms with Crippen molar-refractivity contribution in [3.63, 3.8) is 0 Å². The fraction of sp³-hybridized carbons (Fsp3) is 0.355. The van der Waals surface area contributed by atoms with Crippen LogP contribution in [0, 0.1) is 6.92 Å². The molecule has 2 amide bonds. The van der Waals surface area contributed by atoms with E-state index >= 15 is 0 Å². The topological polar surface area (TPSA) is 86.8 Å². The van der Waals surface area contributed by atoms with Gasteiger partial charge in [0, 0.05) is 12.6 Å². The predicted molar refractivity (Wildman–Crippen MR) is 164 cm³/mol. The fourth-order valence-electron chi connectivity index (χ4n) is 5.00. The normalized spacial score (nSPS) is 14.4. The molecular weight excluding hydrogens is 581 g/mol. The number of carbonyl (C=O) groups is 2. The van der Waals surface area contributed by atoms with Crippen molar-refractivity contribution in [1.82, 2.24) is 10.2 Å². The largest absolute Gasteiger partial charge is 0.352 e. The number of anilines is 1. The number of aryl methyl sites for hydroxylation is 1. The van der Waals surface area contributed by atoms with Gasteiger partial charge in [0.05, 0.1) is 20.6 Å². The third kappa shape index (κ3) is 7.61. The van der Waals surface area contributed by atoms with Crippen LogP contribution in [0.2, 0.25) is 10.0 Å². The van der Waals surface area contributed by atoms with E-state index in [-0.39, 0.29) is 39.1 Å². The molecule has 1 saturated carbocycles. The number of amides is 2. The van der Waals surface area contributed by atoms with Gasteiger partial charge in [-0.15, -0.1) is 0 Å². The Kier molecular flexibility index (Phi) is 10.3.